The quantitative estimate of drug-likeness (QED) is 0.736. The van der Waals surface area contributed by atoms with Gasteiger partial charge in [-0.15, -0.1) is 0 Å². The molecule has 1 atom stereocenters. The molecule has 0 saturated heterocycles. The maximum absolute atomic E-state index is 11.6. The second-order valence-corrected chi connectivity index (χ2v) is 4.41. The summed E-state index contributed by atoms with van der Waals surface area (Å²) in [6.07, 6.45) is 0.0816. The Hall–Kier alpha value is -1.13. The Labute approximate surface area is 98.8 Å². The summed E-state index contributed by atoms with van der Waals surface area (Å²) in [4.78, 5) is 11.6. The highest BCUT2D eigenvalue weighted by atomic mass is 28.3. The van der Waals surface area contributed by atoms with Crippen molar-refractivity contribution in [1.82, 2.24) is 0 Å². The van der Waals surface area contributed by atoms with Crippen LogP contribution in [0.2, 0.25) is 0 Å². The Bertz CT molecular complexity index is 324. The van der Waals surface area contributed by atoms with Gasteiger partial charge in [0.1, 0.15) is 0 Å². The Kier molecular flexibility index (Phi) is 5.21. The van der Waals surface area contributed by atoms with Gasteiger partial charge >= 0.3 is 16.0 Å². The third-order valence-corrected chi connectivity index (χ3v) is 2.93. The van der Waals surface area contributed by atoms with Crippen molar-refractivity contribution in [3.63, 3.8) is 0 Å². The summed E-state index contributed by atoms with van der Waals surface area (Å²) in [7, 11) is -0.219. The van der Waals surface area contributed by atoms with Gasteiger partial charge in [0.2, 0.25) is 0 Å². The van der Waals surface area contributed by atoms with Gasteiger partial charge in [0.05, 0.1) is 5.92 Å². The molecule has 0 N–H and O–H groups in total. The Morgan fingerprint density at radius 2 is 1.81 bits per heavy atom. The van der Waals surface area contributed by atoms with Crippen LogP contribution in [0.1, 0.15) is 32.3 Å². The van der Waals surface area contributed by atoms with Crippen molar-refractivity contribution in [3.8, 4) is 0 Å². The molecular formula is C12H16O3Si. The van der Waals surface area contributed by atoms with E-state index in [9.17, 15) is 4.79 Å². The second kappa shape index (κ2) is 6.45. The third-order valence-electron chi connectivity index (χ3n) is 2.08. The van der Waals surface area contributed by atoms with Gasteiger partial charge in [-0.3, -0.25) is 4.79 Å². The fourth-order valence-electron chi connectivity index (χ4n) is 1.13. The molecule has 0 aliphatic carbocycles. The van der Waals surface area contributed by atoms with E-state index in [1.807, 2.05) is 51.1 Å². The van der Waals surface area contributed by atoms with Gasteiger partial charge in [0.25, 0.3) is 0 Å². The van der Waals surface area contributed by atoms with Gasteiger partial charge in [0, 0.05) is 6.10 Å². The van der Waals surface area contributed by atoms with E-state index >= 15 is 0 Å². The molecule has 0 fully saturated rings. The molecule has 0 heterocycles. The molecule has 1 aromatic rings. The lowest BCUT2D eigenvalue weighted by molar-refractivity contribution is -0.136. The highest BCUT2D eigenvalue weighted by molar-refractivity contribution is 6.22. The number of carbonyl (C=O) groups is 1. The number of hydrogen-bond donors (Lipinski definition) is 0. The molecule has 1 aromatic carbocycles. The number of benzene rings is 1. The highest BCUT2D eigenvalue weighted by Crippen LogP contribution is 2.15. The van der Waals surface area contributed by atoms with E-state index in [2.05, 4.69) is 0 Å². The van der Waals surface area contributed by atoms with Crippen LogP contribution in [-0.4, -0.2) is 22.1 Å². The van der Waals surface area contributed by atoms with Crippen molar-refractivity contribution in [1.29, 1.82) is 0 Å². The third kappa shape index (κ3) is 4.16. The Balaban J connectivity index is 2.43. The number of hydrogen-bond acceptors (Lipinski definition) is 3. The fourth-order valence-corrected chi connectivity index (χ4v) is 1.63. The van der Waals surface area contributed by atoms with Gasteiger partial charge in [-0.1, -0.05) is 30.3 Å². The molecule has 86 valence electrons. The minimum atomic E-state index is -0.246. The van der Waals surface area contributed by atoms with E-state index in [-0.39, 0.29) is 28.0 Å². The summed E-state index contributed by atoms with van der Waals surface area (Å²) in [5.74, 6) is -0.491. The van der Waals surface area contributed by atoms with Crippen LogP contribution in [-0.2, 0) is 13.6 Å². The fraction of sp³-hybridized carbons (Fsp3) is 0.417. The SMILES string of the molecule is CC(C)O[Si]OC(=O)C(C)c1ccccc1. The van der Waals surface area contributed by atoms with E-state index in [4.69, 9.17) is 8.85 Å². The minimum absolute atomic E-state index is 0.0816. The van der Waals surface area contributed by atoms with Gasteiger partial charge in [-0.25, -0.2) is 0 Å². The standard InChI is InChI=1S/C12H16O3Si/c1-9(2)14-16-15-12(13)10(3)11-7-5-4-6-8-11/h4-10H,1-3H3. The van der Waals surface area contributed by atoms with Crippen molar-refractivity contribution in [2.45, 2.75) is 32.8 Å². The lowest BCUT2D eigenvalue weighted by Gasteiger charge is -2.11. The van der Waals surface area contributed by atoms with E-state index in [0.29, 0.717) is 0 Å². The zero-order valence-corrected chi connectivity index (χ0v) is 10.8. The molecule has 0 aliphatic rings. The summed E-state index contributed by atoms with van der Waals surface area (Å²) < 4.78 is 10.2. The van der Waals surface area contributed by atoms with E-state index in [1.54, 1.807) is 0 Å². The van der Waals surface area contributed by atoms with Crippen molar-refractivity contribution in [3.05, 3.63) is 35.9 Å². The zero-order valence-electron chi connectivity index (χ0n) is 9.77. The van der Waals surface area contributed by atoms with Crippen LogP contribution in [0.4, 0.5) is 0 Å². The first-order valence-corrected chi connectivity index (χ1v) is 6.09. The van der Waals surface area contributed by atoms with Crippen LogP contribution < -0.4 is 0 Å². The van der Waals surface area contributed by atoms with Crippen molar-refractivity contribution in [2.24, 2.45) is 0 Å². The molecule has 1 rings (SSSR count). The predicted octanol–water partition coefficient (Wildman–Crippen LogP) is 2.29. The summed E-state index contributed by atoms with van der Waals surface area (Å²) >= 11 is 0. The molecule has 0 aromatic heterocycles. The summed E-state index contributed by atoms with van der Waals surface area (Å²) in [5.41, 5.74) is 0.960. The number of rotatable bonds is 5. The van der Waals surface area contributed by atoms with Crippen molar-refractivity contribution in [2.75, 3.05) is 0 Å². The maximum atomic E-state index is 11.6. The van der Waals surface area contributed by atoms with E-state index in [1.165, 1.54) is 0 Å². The van der Waals surface area contributed by atoms with Crippen LogP contribution in [0.15, 0.2) is 30.3 Å². The molecule has 0 aliphatic heterocycles. The lowest BCUT2D eigenvalue weighted by Crippen LogP contribution is -2.19. The van der Waals surface area contributed by atoms with Gasteiger partial charge in [-0.2, -0.15) is 0 Å². The largest absolute Gasteiger partial charge is 0.523 e. The van der Waals surface area contributed by atoms with Crippen LogP contribution in [0, 0.1) is 0 Å². The molecule has 16 heavy (non-hydrogen) atoms. The molecular weight excluding hydrogens is 220 g/mol. The van der Waals surface area contributed by atoms with Crippen LogP contribution in [0.25, 0.3) is 0 Å². The van der Waals surface area contributed by atoms with Crippen LogP contribution in [0.5, 0.6) is 0 Å². The van der Waals surface area contributed by atoms with Crippen LogP contribution >= 0.6 is 0 Å². The topological polar surface area (TPSA) is 35.5 Å². The smallest absolute Gasteiger partial charge is 0.490 e. The molecule has 4 heteroatoms. The molecule has 0 amide bonds. The zero-order chi connectivity index (χ0) is 12.0. The molecule has 2 radical (unpaired) electrons. The first-order chi connectivity index (χ1) is 7.61. The average Bonchev–Trinajstić information content (AvgIpc) is 2.28. The van der Waals surface area contributed by atoms with Gasteiger partial charge < -0.3 is 8.85 Å². The molecule has 1 unspecified atom stereocenters. The van der Waals surface area contributed by atoms with Gasteiger partial charge in [-0.05, 0) is 26.3 Å². The number of carbonyl (C=O) groups excluding carboxylic acids is 1. The Morgan fingerprint density at radius 3 is 2.38 bits per heavy atom. The first-order valence-electron chi connectivity index (χ1n) is 5.27. The normalized spacial score (nSPS) is 12.5. The minimum Gasteiger partial charge on any atom is -0.490 e. The molecule has 0 saturated carbocycles. The van der Waals surface area contributed by atoms with Crippen molar-refractivity contribution < 1.29 is 13.6 Å². The highest BCUT2D eigenvalue weighted by Gasteiger charge is 2.17. The molecule has 0 bridgehead atoms. The summed E-state index contributed by atoms with van der Waals surface area (Å²) in [5, 5.41) is 0. The summed E-state index contributed by atoms with van der Waals surface area (Å²) in [6, 6.07) is 9.57. The van der Waals surface area contributed by atoms with Gasteiger partial charge in [0.15, 0.2) is 0 Å². The molecule has 0 spiro atoms. The Morgan fingerprint density at radius 1 is 1.19 bits per heavy atom. The monoisotopic (exact) mass is 236 g/mol. The average molecular weight is 236 g/mol. The van der Waals surface area contributed by atoms with Crippen LogP contribution in [0.3, 0.4) is 0 Å². The van der Waals surface area contributed by atoms with E-state index < -0.39 is 0 Å². The lowest BCUT2D eigenvalue weighted by atomic mass is 10.0. The molecule has 3 nitrogen and oxygen atoms in total. The van der Waals surface area contributed by atoms with E-state index in [0.717, 1.165) is 5.56 Å². The second-order valence-electron chi connectivity index (χ2n) is 3.80. The van der Waals surface area contributed by atoms with Crippen molar-refractivity contribution >= 4 is 16.0 Å². The first kappa shape index (κ1) is 12.9. The summed E-state index contributed by atoms with van der Waals surface area (Å²) in [6.45, 7) is 5.64. The maximum Gasteiger partial charge on any atom is 0.523 e. The predicted molar refractivity (Wildman–Crippen MR) is 62.9 cm³/mol.